The minimum Gasteiger partial charge on any atom is -0.371 e. The first-order chi connectivity index (χ1) is 14.4. The van der Waals surface area contributed by atoms with E-state index in [-0.39, 0.29) is 24.4 Å². The molecule has 1 aliphatic heterocycles. The first-order valence-corrected chi connectivity index (χ1v) is 10.1. The van der Waals surface area contributed by atoms with E-state index in [2.05, 4.69) is 27.3 Å². The molecule has 0 bridgehead atoms. The minimum absolute atomic E-state index is 0.0318. The molecule has 0 radical (unpaired) electrons. The summed E-state index contributed by atoms with van der Waals surface area (Å²) in [5.74, 6) is -1.23. The maximum atomic E-state index is 13.3. The molecule has 1 aromatic heterocycles. The number of carbonyl (C=O) groups excluding carboxylic acids is 1. The third kappa shape index (κ3) is 4.27. The number of rotatable bonds is 7. The number of nitrogens with zero attached hydrogens (tertiary/aromatic N) is 3. The Hall–Kier alpha value is -3.03. The van der Waals surface area contributed by atoms with Crippen LogP contribution in [0.25, 0.3) is 11.0 Å². The summed E-state index contributed by atoms with van der Waals surface area (Å²) in [7, 11) is 0. The van der Waals surface area contributed by atoms with Crippen LogP contribution in [0.1, 0.15) is 24.2 Å². The lowest BCUT2D eigenvalue weighted by molar-refractivity contribution is -0.147. The van der Waals surface area contributed by atoms with Gasteiger partial charge in [0.2, 0.25) is 11.7 Å². The van der Waals surface area contributed by atoms with Crippen LogP contribution in [0.2, 0.25) is 0 Å². The van der Waals surface area contributed by atoms with Crippen LogP contribution in [0.5, 0.6) is 0 Å². The Morgan fingerprint density at radius 2 is 1.83 bits per heavy atom. The van der Waals surface area contributed by atoms with Crippen molar-refractivity contribution in [1.82, 2.24) is 14.9 Å². The molecule has 0 spiro atoms. The Balaban J connectivity index is 1.29. The molecule has 2 aromatic carbocycles. The van der Waals surface area contributed by atoms with Crippen LogP contribution in [-0.2, 0) is 23.9 Å². The molecule has 4 rings (SSSR count). The molecule has 0 atom stereocenters. The zero-order chi connectivity index (χ0) is 21.1. The van der Waals surface area contributed by atoms with Gasteiger partial charge in [-0.3, -0.25) is 4.79 Å². The maximum Gasteiger partial charge on any atom is 0.449 e. The molecule has 8 heteroatoms. The number of para-hydroxylation sites is 3. The Morgan fingerprint density at radius 1 is 1.07 bits per heavy atom. The molecule has 0 unspecified atom stereocenters. The fourth-order valence-electron chi connectivity index (χ4n) is 3.96. The van der Waals surface area contributed by atoms with Crippen molar-refractivity contribution in [1.29, 1.82) is 0 Å². The van der Waals surface area contributed by atoms with Gasteiger partial charge in [0.1, 0.15) is 0 Å². The van der Waals surface area contributed by atoms with Crippen molar-refractivity contribution >= 4 is 22.6 Å². The van der Waals surface area contributed by atoms with Crippen LogP contribution in [-0.4, -0.2) is 35.1 Å². The van der Waals surface area contributed by atoms with E-state index < -0.39 is 12.0 Å². The molecule has 0 saturated carbocycles. The number of anilines is 1. The summed E-state index contributed by atoms with van der Waals surface area (Å²) >= 11 is 0. The Bertz CT molecular complexity index is 1040. The van der Waals surface area contributed by atoms with E-state index in [4.69, 9.17) is 0 Å². The summed E-state index contributed by atoms with van der Waals surface area (Å²) in [5, 5.41) is 2.82. The number of amides is 1. The molecular formula is C22H23F3N4O. The predicted molar refractivity (Wildman–Crippen MR) is 109 cm³/mol. The number of halogens is 3. The largest absolute Gasteiger partial charge is 0.449 e. The molecule has 3 aromatic rings. The minimum atomic E-state index is -4.57. The van der Waals surface area contributed by atoms with Crippen LogP contribution in [0, 0.1) is 0 Å². The zero-order valence-electron chi connectivity index (χ0n) is 16.5. The number of fused-ring (bicyclic) bond motifs is 2. The second-order valence-corrected chi connectivity index (χ2v) is 7.39. The number of nitrogens with one attached hydrogen (secondary N) is 1. The van der Waals surface area contributed by atoms with Crippen molar-refractivity contribution in [2.45, 2.75) is 32.0 Å². The Kier molecular flexibility index (Phi) is 5.65. The van der Waals surface area contributed by atoms with Gasteiger partial charge in [-0.25, -0.2) is 4.98 Å². The van der Waals surface area contributed by atoms with E-state index in [1.54, 1.807) is 18.2 Å². The highest BCUT2D eigenvalue weighted by molar-refractivity contribution is 5.78. The molecule has 0 aliphatic carbocycles. The summed E-state index contributed by atoms with van der Waals surface area (Å²) in [4.78, 5) is 18.2. The lowest BCUT2D eigenvalue weighted by atomic mass is 10.2. The topological polar surface area (TPSA) is 50.2 Å². The quantitative estimate of drug-likeness (QED) is 0.592. The number of hydrogen-bond acceptors (Lipinski definition) is 3. The Morgan fingerprint density at radius 3 is 2.67 bits per heavy atom. The van der Waals surface area contributed by atoms with E-state index >= 15 is 0 Å². The van der Waals surface area contributed by atoms with Crippen LogP contribution >= 0.6 is 0 Å². The number of aryl methyl sites for hydroxylation is 1. The van der Waals surface area contributed by atoms with E-state index in [0.717, 1.165) is 30.5 Å². The van der Waals surface area contributed by atoms with Crippen molar-refractivity contribution in [2.75, 3.05) is 24.5 Å². The molecule has 0 saturated heterocycles. The van der Waals surface area contributed by atoms with Crippen LogP contribution in [0.15, 0.2) is 48.5 Å². The summed E-state index contributed by atoms with van der Waals surface area (Å²) in [5.41, 5.74) is 3.24. The lowest BCUT2D eigenvalue weighted by Crippen LogP contribution is -2.30. The molecule has 30 heavy (non-hydrogen) atoms. The fourth-order valence-corrected chi connectivity index (χ4v) is 3.96. The van der Waals surface area contributed by atoms with Crippen molar-refractivity contribution in [3.05, 3.63) is 59.9 Å². The number of alkyl halides is 3. The maximum absolute atomic E-state index is 13.3. The van der Waals surface area contributed by atoms with Crippen molar-refractivity contribution in [3.8, 4) is 0 Å². The van der Waals surface area contributed by atoms with Gasteiger partial charge in [0.25, 0.3) is 0 Å². The van der Waals surface area contributed by atoms with Gasteiger partial charge in [0, 0.05) is 38.3 Å². The normalized spacial score (nSPS) is 13.6. The van der Waals surface area contributed by atoms with Gasteiger partial charge in [-0.05, 0) is 36.6 Å². The van der Waals surface area contributed by atoms with Crippen LogP contribution < -0.4 is 10.2 Å². The van der Waals surface area contributed by atoms with E-state index in [1.165, 1.54) is 17.3 Å². The molecule has 0 fully saturated rings. The summed E-state index contributed by atoms with van der Waals surface area (Å²) in [6, 6.07) is 14.7. The first-order valence-electron chi connectivity index (χ1n) is 10.1. The van der Waals surface area contributed by atoms with Crippen LogP contribution in [0.3, 0.4) is 0 Å². The van der Waals surface area contributed by atoms with E-state index in [0.29, 0.717) is 12.1 Å². The molecule has 1 amide bonds. The van der Waals surface area contributed by atoms with Gasteiger partial charge in [0.05, 0.1) is 11.0 Å². The average molecular weight is 416 g/mol. The molecule has 1 N–H and O–H groups in total. The summed E-state index contributed by atoms with van der Waals surface area (Å²) in [6.45, 7) is 2.23. The number of imidazole rings is 1. The van der Waals surface area contributed by atoms with Crippen LogP contribution in [0.4, 0.5) is 18.9 Å². The van der Waals surface area contributed by atoms with Gasteiger partial charge < -0.3 is 14.8 Å². The van der Waals surface area contributed by atoms with Crippen molar-refractivity contribution in [2.24, 2.45) is 0 Å². The smallest absolute Gasteiger partial charge is 0.371 e. The first kappa shape index (κ1) is 20.3. The average Bonchev–Trinajstić information content (AvgIpc) is 3.31. The predicted octanol–water partition coefficient (Wildman–Crippen LogP) is 4.01. The summed E-state index contributed by atoms with van der Waals surface area (Å²) in [6.07, 6.45) is -2.79. The van der Waals surface area contributed by atoms with E-state index in [1.807, 2.05) is 12.1 Å². The highest BCUT2D eigenvalue weighted by Crippen LogP contribution is 2.31. The second kappa shape index (κ2) is 8.38. The molecule has 5 nitrogen and oxygen atoms in total. The molecule has 158 valence electrons. The third-order valence-electron chi connectivity index (χ3n) is 5.38. The zero-order valence-corrected chi connectivity index (χ0v) is 16.5. The summed E-state index contributed by atoms with van der Waals surface area (Å²) < 4.78 is 41.1. The van der Waals surface area contributed by atoms with Crippen molar-refractivity contribution in [3.63, 3.8) is 0 Å². The number of carbonyl (C=O) groups is 1. The third-order valence-corrected chi connectivity index (χ3v) is 5.38. The van der Waals surface area contributed by atoms with Gasteiger partial charge >= 0.3 is 6.18 Å². The SMILES string of the molecule is O=C(CCn1c(C(F)(F)F)nc2ccccc21)NCCCN1CCc2ccccc21. The second-order valence-electron chi connectivity index (χ2n) is 7.39. The van der Waals surface area contributed by atoms with Gasteiger partial charge in [-0.1, -0.05) is 30.3 Å². The highest BCUT2D eigenvalue weighted by atomic mass is 19.4. The number of benzene rings is 2. The Labute approximate surface area is 172 Å². The molecule has 1 aliphatic rings. The van der Waals surface area contributed by atoms with Gasteiger partial charge in [-0.15, -0.1) is 0 Å². The standard InChI is InChI=1S/C22H23F3N4O/c23-22(24,25)21-27-17-7-2-4-9-19(17)29(21)15-11-20(30)26-12-5-13-28-14-10-16-6-1-3-8-18(16)28/h1-4,6-9H,5,10-15H2,(H,26,30). The number of hydrogen-bond donors (Lipinski definition) is 1. The fraction of sp³-hybridized carbons (Fsp3) is 0.364. The molecule has 2 heterocycles. The van der Waals surface area contributed by atoms with Crippen molar-refractivity contribution < 1.29 is 18.0 Å². The number of aromatic nitrogens is 2. The highest BCUT2D eigenvalue weighted by Gasteiger charge is 2.37. The van der Waals surface area contributed by atoms with Gasteiger partial charge in [-0.2, -0.15) is 13.2 Å². The monoisotopic (exact) mass is 416 g/mol. The molecular weight excluding hydrogens is 393 g/mol. The lowest BCUT2D eigenvalue weighted by Gasteiger charge is -2.19. The van der Waals surface area contributed by atoms with Gasteiger partial charge in [0.15, 0.2) is 0 Å². The van der Waals surface area contributed by atoms with E-state index in [9.17, 15) is 18.0 Å².